The number of likely N-dealkylation sites (tertiary alicyclic amines) is 1. The van der Waals surface area contributed by atoms with Gasteiger partial charge in [-0.05, 0) is 43.4 Å². The van der Waals surface area contributed by atoms with Gasteiger partial charge in [0.15, 0.2) is 6.61 Å². The minimum atomic E-state index is -1.11. The number of halogens is 4. The van der Waals surface area contributed by atoms with Crippen LogP contribution in [0.15, 0.2) is 18.2 Å². The first-order valence-electron chi connectivity index (χ1n) is 9.68. The molecule has 1 aromatic rings. The maximum absolute atomic E-state index is 13.0. The molecule has 7 atom stereocenters. The van der Waals surface area contributed by atoms with Gasteiger partial charge in [-0.25, -0.2) is 4.79 Å². The molecule has 4 rings (SSSR count). The fraction of sp³-hybridized carbons (Fsp3) is 0.500. The van der Waals surface area contributed by atoms with E-state index in [-0.39, 0.29) is 38.3 Å². The molecule has 0 aromatic heterocycles. The minimum absolute atomic E-state index is 0.0546. The van der Waals surface area contributed by atoms with Gasteiger partial charge in [0.05, 0.1) is 22.5 Å². The molecule has 1 saturated heterocycles. The highest BCUT2D eigenvalue weighted by atomic mass is 79.9. The van der Waals surface area contributed by atoms with Crippen molar-refractivity contribution in [2.45, 2.75) is 29.0 Å². The molecule has 3 amide bonds. The van der Waals surface area contributed by atoms with Gasteiger partial charge in [0.1, 0.15) is 6.04 Å². The third-order valence-electron chi connectivity index (χ3n) is 6.30. The lowest BCUT2D eigenvalue weighted by Gasteiger charge is -2.28. The van der Waals surface area contributed by atoms with Crippen LogP contribution in [0.4, 0.5) is 5.69 Å². The number of fused-ring (bicyclic) bond motifs is 5. The lowest BCUT2D eigenvalue weighted by Crippen LogP contribution is -2.45. The van der Waals surface area contributed by atoms with Gasteiger partial charge in [-0.3, -0.25) is 19.3 Å². The molecule has 11 heteroatoms. The summed E-state index contributed by atoms with van der Waals surface area (Å²) in [6, 6.07) is 3.44. The van der Waals surface area contributed by atoms with Gasteiger partial charge in [0, 0.05) is 14.7 Å². The quantitative estimate of drug-likeness (QED) is 0.318. The molecule has 1 aromatic carbocycles. The maximum Gasteiger partial charge on any atom is 0.329 e. The fourth-order valence-corrected chi connectivity index (χ4v) is 7.22. The van der Waals surface area contributed by atoms with Crippen LogP contribution in [-0.4, -0.2) is 50.9 Å². The van der Waals surface area contributed by atoms with Crippen LogP contribution in [0.25, 0.3) is 0 Å². The zero-order chi connectivity index (χ0) is 22.6. The molecule has 2 saturated carbocycles. The minimum Gasteiger partial charge on any atom is -0.454 e. The SMILES string of the molecule is C[C@H](C(=O)OCC(=O)Nc1ccc(Cl)cc1Cl)N1C(=O)[C@@H]2[C@H]3C[C@@H]([C@H](Br)[C@H]3Br)[C@H]2C1=O. The lowest BCUT2D eigenvalue weighted by atomic mass is 9.81. The summed E-state index contributed by atoms with van der Waals surface area (Å²) in [5.41, 5.74) is 0.321. The Morgan fingerprint density at radius 2 is 1.74 bits per heavy atom. The smallest absolute Gasteiger partial charge is 0.329 e. The molecular formula is C20H18Br2Cl2N2O5. The number of esters is 1. The van der Waals surface area contributed by atoms with E-state index < -0.39 is 36.4 Å². The molecule has 3 fully saturated rings. The van der Waals surface area contributed by atoms with E-state index in [0.29, 0.717) is 10.7 Å². The Morgan fingerprint density at radius 3 is 2.29 bits per heavy atom. The van der Waals surface area contributed by atoms with Crippen LogP contribution in [0.2, 0.25) is 10.0 Å². The van der Waals surface area contributed by atoms with Crippen molar-refractivity contribution in [1.82, 2.24) is 4.90 Å². The molecule has 3 aliphatic rings. The Labute approximate surface area is 205 Å². The van der Waals surface area contributed by atoms with E-state index in [1.807, 2.05) is 0 Å². The zero-order valence-corrected chi connectivity index (χ0v) is 20.9. The Bertz CT molecular complexity index is 945. The monoisotopic (exact) mass is 594 g/mol. The molecule has 0 spiro atoms. The summed E-state index contributed by atoms with van der Waals surface area (Å²) in [4.78, 5) is 51.8. The molecule has 2 bridgehead atoms. The topological polar surface area (TPSA) is 92.8 Å². The largest absolute Gasteiger partial charge is 0.454 e. The van der Waals surface area contributed by atoms with Gasteiger partial charge >= 0.3 is 5.97 Å². The molecule has 31 heavy (non-hydrogen) atoms. The summed E-state index contributed by atoms with van der Waals surface area (Å²) in [6.07, 6.45) is 0.804. The van der Waals surface area contributed by atoms with Crippen molar-refractivity contribution in [3.63, 3.8) is 0 Å². The first-order valence-corrected chi connectivity index (χ1v) is 12.3. The van der Waals surface area contributed by atoms with E-state index >= 15 is 0 Å². The molecule has 7 nitrogen and oxygen atoms in total. The number of hydrogen-bond acceptors (Lipinski definition) is 5. The van der Waals surface area contributed by atoms with E-state index in [2.05, 4.69) is 37.2 Å². The Kier molecular flexibility index (Phi) is 6.42. The van der Waals surface area contributed by atoms with Crippen molar-refractivity contribution in [1.29, 1.82) is 0 Å². The van der Waals surface area contributed by atoms with Gasteiger partial charge in [-0.1, -0.05) is 55.1 Å². The van der Waals surface area contributed by atoms with Crippen LogP contribution in [0.3, 0.4) is 0 Å². The van der Waals surface area contributed by atoms with Crippen LogP contribution in [0.5, 0.6) is 0 Å². The van der Waals surface area contributed by atoms with Crippen LogP contribution >= 0.6 is 55.1 Å². The number of imide groups is 1. The molecule has 0 radical (unpaired) electrons. The molecule has 1 N–H and O–H groups in total. The lowest BCUT2D eigenvalue weighted by molar-refractivity contribution is -0.159. The molecular weight excluding hydrogens is 579 g/mol. The van der Waals surface area contributed by atoms with Crippen LogP contribution in [-0.2, 0) is 23.9 Å². The summed E-state index contributed by atoms with van der Waals surface area (Å²) in [5, 5.41) is 3.17. The number of nitrogens with zero attached hydrogens (tertiary/aromatic N) is 1. The van der Waals surface area contributed by atoms with E-state index in [1.54, 1.807) is 6.07 Å². The molecule has 166 valence electrons. The number of carbonyl (C=O) groups is 4. The fourth-order valence-electron chi connectivity index (χ4n) is 4.89. The average Bonchev–Trinajstić information content (AvgIpc) is 3.32. The number of ether oxygens (including phenoxy) is 1. The summed E-state index contributed by atoms with van der Waals surface area (Å²) in [6.45, 7) is 0.857. The summed E-state index contributed by atoms with van der Waals surface area (Å²) >= 11 is 19.1. The van der Waals surface area contributed by atoms with Crippen LogP contribution in [0, 0.1) is 23.7 Å². The number of benzene rings is 1. The number of amides is 3. The highest BCUT2D eigenvalue weighted by Crippen LogP contribution is 2.60. The average molecular weight is 597 g/mol. The van der Waals surface area contributed by atoms with Crippen molar-refractivity contribution >= 4 is 84.4 Å². The predicted molar refractivity (Wildman–Crippen MR) is 121 cm³/mol. The van der Waals surface area contributed by atoms with Gasteiger partial charge in [0.2, 0.25) is 11.8 Å². The summed E-state index contributed by atoms with van der Waals surface area (Å²) in [5.74, 6) is -2.83. The predicted octanol–water partition coefficient (Wildman–Crippen LogP) is 3.64. The highest BCUT2D eigenvalue weighted by Gasteiger charge is 2.67. The summed E-state index contributed by atoms with van der Waals surface area (Å²) < 4.78 is 5.06. The van der Waals surface area contributed by atoms with Crippen molar-refractivity contribution in [3.8, 4) is 0 Å². The van der Waals surface area contributed by atoms with Crippen molar-refractivity contribution in [2.75, 3.05) is 11.9 Å². The molecule has 2 aliphatic carbocycles. The van der Waals surface area contributed by atoms with E-state index in [4.69, 9.17) is 27.9 Å². The van der Waals surface area contributed by atoms with Crippen molar-refractivity contribution < 1.29 is 23.9 Å². The van der Waals surface area contributed by atoms with Gasteiger partial charge in [0.25, 0.3) is 5.91 Å². The molecule has 0 unspecified atom stereocenters. The number of hydrogen-bond donors (Lipinski definition) is 1. The Balaban J connectivity index is 1.37. The van der Waals surface area contributed by atoms with Gasteiger partial charge < -0.3 is 10.1 Å². The third kappa shape index (κ3) is 3.92. The molecule has 1 aliphatic heterocycles. The Morgan fingerprint density at radius 1 is 1.16 bits per heavy atom. The molecule has 1 heterocycles. The zero-order valence-electron chi connectivity index (χ0n) is 16.2. The first-order chi connectivity index (χ1) is 14.6. The number of alkyl halides is 2. The standard InChI is InChI=1S/C20H18Br2Cl2N2O5/c1-7(20(30)31-6-13(27)25-12-3-2-8(23)4-11(12)24)26-18(28)14-9-5-10(15(14)19(26)29)17(22)16(9)21/h2-4,7,9-10,14-17H,5-6H2,1H3,(H,25,27)/t7-,9-,10-,14-,15-,16+,17+/m1/s1. The van der Waals surface area contributed by atoms with E-state index in [9.17, 15) is 19.2 Å². The van der Waals surface area contributed by atoms with Crippen molar-refractivity contribution in [2.24, 2.45) is 23.7 Å². The summed E-state index contributed by atoms with van der Waals surface area (Å²) in [7, 11) is 0. The number of carbonyl (C=O) groups excluding carboxylic acids is 4. The maximum atomic E-state index is 13.0. The second-order valence-corrected chi connectivity index (χ2v) is 11.0. The Hall–Kier alpha value is -1.16. The number of nitrogens with one attached hydrogen (secondary N) is 1. The van der Waals surface area contributed by atoms with Crippen LogP contribution in [0.1, 0.15) is 13.3 Å². The normalized spacial score (nSPS) is 32.2. The van der Waals surface area contributed by atoms with E-state index in [0.717, 1.165) is 11.3 Å². The third-order valence-corrected chi connectivity index (χ3v) is 10.1. The number of anilines is 1. The first kappa shape index (κ1) is 23.0. The van der Waals surface area contributed by atoms with Gasteiger partial charge in [-0.15, -0.1) is 0 Å². The second-order valence-electron chi connectivity index (χ2n) is 8.01. The van der Waals surface area contributed by atoms with E-state index in [1.165, 1.54) is 19.1 Å². The highest BCUT2D eigenvalue weighted by molar-refractivity contribution is 9.12. The van der Waals surface area contributed by atoms with Crippen molar-refractivity contribution in [3.05, 3.63) is 28.2 Å². The number of rotatable bonds is 5. The van der Waals surface area contributed by atoms with Gasteiger partial charge in [-0.2, -0.15) is 0 Å². The second kappa shape index (κ2) is 8.65. The van der Waals surface area contributed by atoms with Crippen LogP contribution < -0.4 is 5.32 Å².